The van der Waals surface area contributed by atoms with Crippen molar-refractivity contribution < 1.29 is 19.1 Å². The quantitative estimate of drug-likeness (QED) is 0.184. The van der Waals surface area contributed by atoms with Gasteiger partial charge in [-0.25, -0.2) is 0 Å². The van der Waals surface area contributed by atoms with Gasteiger partial charge in [-0.05, 0) is 95.2 Å². The number of benzene rings is 3. The molecular formula is C27H23BrINO4S. The van der Waals surface area contributed by atoms with Crippen LogP contribution in [0, 0.1) is 10.5 Å². The van der Waals surface area contributed by atoms with E-state index in [9.17, 15) is 9.59 Å². The van der Waals surface area contributed by atoms with E-state index in [0.717, 1.165) is 42.1 Å². The molecule has 0 bridgehead atoms. The monoisotopic (exact) mass is 663 g/mol. The Morgan fingerprint density at radius 2 is 1.69 bits per heavy atom. The van der Waals surface area contributed by atoms with E-state index in [-0.39, 0.29) is 17.7 Å². The first-order chi connectivity index (χ1) is 16.8. The maximum Gasteiger partial charge on any atom is 0.293 e. The third kappa shape index (κ3) is 6.48. The van der Waals surface area contributed by atoms with Crippen LogP contribution in [0.15, 0.2) is 70.0 Å². The van der Waals surface area contributed by atoms with Crippen molar-refractivity contribution in [2.45, 2.75) is 27.0 Å². The van der Waals surface area contributed by atoms with Crippen LogP contribution in [0.4, 0.5) is 4.79 Å². The first-order valence-electron chi connectivity index (χ1n) is 11.0. The summed E-state index contributed by atoms with van der Waals surface area (Å²) in [6, 6.07) is 19.5. The van der Waals surface area contributed by atoms with E-state index in [1.807, 2.05) is 74.5 Å². The SMILES string of the molecule is CCOc1cc(/C=C2\SC(=O)N(Cc3ccc(C)cc3)C2=O)cc(I)c1OCc1ccc(Br)cc1. The minimum absolute atomic E-state index is 0.257. The first kappa shape index (κ1) is 25.8. The van der Waals surface area contributed by atoms with Crippen LogP contribution in [0.3, 0.4) is 0 Å². The van der Waals surface area contributed by atoms with Crippen LogP contribution in [-0.4, -0.2) is 22.7 Å². The lowest BCUT2D eigenvalue weighted by atomic mass is 10.1. The third-order valence-electron chi connectivity index (χ3n) is 5.26. The summed E-state index contributed by atoms with van der Waals surface area (Å²) in [5.74, 6) is 0.964. The summed E-state index contributed by atoms with van der Waals surface area (Å²) in [5.41, 5.74) is 3.86. The molecule has 0 N–H and O–H groups in total. The van der Waals surface area contributed by atoms with Gasteiger partial charge in [0, 0.05) is 4.47 Å². The lowest BCUT2D eigenvalue weighted by Gasteiger charge is -2.15. The number of ether oxygens (including phenoxy) is 2. The van der Waals surface area contributed by atoms with Gasteiger partial charge in [-0.1, -0.05) is 57.9 Å². The van der Waals surface area contributed by atoms with Gasteiger partial charge in [0.2, 0.25) is 0 Å². The van der Waals surface area contributed by atoms with Crippen LogP contribution in [0.5, 0.6) is 11.5 Å². The molecule has 0 atom stereocenters. The van der Waals surface area contributed by atoms with E-state index in [1.54, 1.807) is 6.08 Å². The highest BCUT2D eigenvalue weighted by Gasteiger charge is 2.35. The van der Waals surface area contributed by atoms with E-state index in [0.29, 0.717) is 29.6 Å². The number of amides is 2. The topological polar surface area (TPSA) is 55.8 Å². The summed E-state index contributed by atoms with van der Waals surface area (Å²) in [7, 11) is 0. The molecule has 1 aliphatic rings. The number of carbonyl (C=O) groups is 2. The number of imide groups is 1. The number of nitrogens with zero attached hydrogens (tertiary/aromatic N) is 1. The molecule has 0 radical (unpaired) electrons. The van der Waals surface area contributed by atoms with E-state index in [1.165, 1.54) is 4.90 Å². The second-order valence-corrected chi connectivity index (χ2v) is 11.0. The van der Waals surface area contributed by atoms with Gasteiger partial charge in [0.15, 0.2) is 11.5 Å². The highest BCUT2D eigenvalue weighted by molar-refractivity contribution is 14.1. The highest BCUT2D eigenvalue weighted by atomic mass is 127. The van der Waals surface area contributed by atoms with Crippen LogP contribution in [0.2, 0.25) is 0 Å². The second-order valence-electron chi connectivity index (χ2n) is 7.93. The molecule has 1 aliphatic heterocycles. The summed E-state index contributed by atoms with van der Waals surface area (Å²) < 4.78 is 13.8. The fourth-order valence-corrected chi connectivity index (χ4v) is 5.36. The molecule has 1 saturated heterocycles. The predicted molar refractivity (Wildman–Crippen MR) is 151 cm³/mol. The number of halogens is 2. The summed E-state index contributed by atoms with van der Waals surface area (Å²) >= 11 is 6.61. The van der Waals surface area contributed by atoms with Crippen molar-refractivity contribution in [3.63, 3.8) is 0 Å². The molecule has 3 aromatic rings. The van der Waals surface area contributed by atoms with Crippen LogP contribution >= 0.6 is 50.3 Å². The Labute approximate surface area is 231 Å². The predicted octanol–water partition coefficient (Wildman–Crippen LogP) is 7.58. The van der Waals surface area contributed by atoms with Gasteiger partial charge < -0.3 is 9.47 Å². The summed E-state index contributed by atoms with van der Waals surface area (Å²) in [6.07, 6.45) is 1.74. The number of carbonyl (C=O) groups excluding carboxylic acids is 2. The van der Waals surface area contributed by atoms with Crippen LogP contribution in [-0.2, 0) is 17.9 Å². The van der Waals surface area contributed by atoms with Gasteiger partial charge in [0.25, 0.3) is 11.1 Å². The average molecular weight is 664 g/mol. The summed E-state index contributed by atoms with van der Waals surface area (Å²) in [4.78, 5) is 27.2. The van der Waals surface area contributed by atoms with Gasteiger partial charge in [-0.2, -0.15) is 0 Å². The lowest BCUT2D eigenvalue weighted by molar-refractivity contribution is -0.123. The number of hydrogen-bond donors (Lipinski definition) is 0. The van der Waals surface area contributed by atoms with Crippen molar-refractivity contribution in [1.82, 2.24) is 4.90 Å². The Bertz CT molecular complexity index is 1280. The largest absolute Gasteiger partial charge is 0.490 e. The molecular weight excluding hydrogens is 641 g/mol. The standard InChI is InChI=1S/C27H23BrINO4S/c1-3-33-23-13-20(12-22(29)25(23)34-16-19-8-10-21(28)11-9-19)14-24-26(31)30(27(32)35-24)15-18-6-4-17(2)5-7-18/h4-14H,3,15-16H2,1-2H3/b24-14-. The smallest absolute Gasteiger partial charge is 0.293 e. The van der Waals surface area contributed by atoms with Crippen molar-refractivity contribution in [1.29, 1.82) is 0 Å². The molecule has 3 aromatic carbocycles. The zero-order valence-electron chi connectivity index (χ0n) is 19.2. The zero-order chi connectivity index (χ0) is 24.9. The highest BCUT2D eigenvalue weighted by Crippen LogP contribution is 2.38. The van der Waals surface area contributed by atoms with Crippen molar-refractivity contribution in [2.24, 2.45) is 0 Å². The van der Waals surface area contributed by atoms with Crippen LogP contribution < -0.4 is 9.47 Å². The maximum atomic E-state index is 13.0. The fourth-order valence-electron chi connectivity index (χ4n) is 3.47. The van der Waals surface area contributed by atoms with E-state index < -0.39 is 0 Å². The van der Waals surface area contributed by atoms with Crippen molar-refractivity contribution in [3.8, 4) is 11.5 Å². The summed E-state index contributed by atoms with van der Waals surface area (Å²) in [6.45, 7) is 5.05. The third-order valence-corrected chi connectivity index (χ3v) is 7.50. The maximum absolute atomic E-state index is 13.0. The molecule has 0 unspecified atom stereocenters. The molecule has 35 heavy (non-hydrogen) atoms. The molecule has 180 valence electrons. The van der Waals surface area contributed by atoms with E-state index in [4.69, 9.17) is 9.47 Å². The minimum Gasteiger partial charge on any atom is -0.490 e. The van der Waals surface area contributed by atoms with Gasteiger partial charge in [0.1, 0.15) is 6.61 Å². The number of aryl methyl sites for hydroxylation is 1. The van der Waals surface area contributed by atoms with Gasteiger partial charge in [0.05, 0.1) is 21.6 Å². The van der Waals surface area contributed by atoms with Crippen molar-refractivity contribution in [3.05, 3.63) is 95.9 Å². The van der Waals surface area contributed by atoms with Crippen molar-refractivity contribution in [2.75, 3.05) is 6.61 Å². The molecule has 1 heterocycles. The zero-order valence-corrected chi connectivity index (χ0v) is 23.8. The van der Waals surface area contributed by atoms with Gasteiger partial charge in [-0.3, -0.25) is 14.5 Å². The summed E-state index contributed by atoms with van der Waals surface area (Å²) in [5, 5.41) is -0.268. The Morgan fingerprint density at radius 1 is 1.00 bits per heavy atom. The second kappa shape index (κ2) is 11.6. The number of hydrogen-bond acceptors (Lipinski definition) is 5. The van der Waals surface area contributed by atoms with Crippen LogP contribution in [0.1, 0.15) is 29.2 Å². The minimum atomic E-state index is -0.288. The molecule has 4 rings (SSSR count). The average Bonchev–Trinajstić information content (AvgIpc) is 3.08. The van der Waals surface area contributed by atoms with Gasteiger partial charge >= 0.3 is 0 Å². The Morgan fingerprint density at radius 3 is 2.37 bits per heavy atom. The lowest BCUT2D eigenvalue weighted by Crippen LogP contribution is -2.27. The molecule has 5 nitrogen and oxygen atoms in total. The van der Waals surface area contributed by atoms with E-state index >= 15 is 0 Å². The van der Waals surface area contributed by atoms with Crippen molar-refractivity contribution >= 4 is 67.5 Å². The number of thioether (sulfide) groups is 1. The molecule has 0 aliphatic carbocycles. The van der Waals surface area contributed by atoms with E-state index in [2.05, 4.69) is 38.5 Å². The van der Waals surface area contributed by atoms with Crippen LogP contribution in [0.25, 0.3) is 6.08 Å². The Kier molecular flexibility index (Phi) is 8.56. The molecule has 1 fully saturated rings. The van der Waals surface area contributed by atoms with Gasteiger partial charge in [-0.15, -0.1) is 0 Å². The number of rotatable bonds is 8. The molecule has 8 heteroatoms. The normalized spacial score (nSPS) is 14.6. The molecule has 0 saturated carbocycles. The molecule has 0 spiro atoms. The Balaban J connectivity index is 1.54. The fraction of sp³-hybridized carbons (Fsp3) is 0.185. The Hall–Kier alpha value is -2.30. The molecule has 2 amide bonds. The molecule has 0 aromatic heterocycles. The first-order valence-corrected chi connectivity index (χ1v) is 13.7.